The van der Waals surface area contributed by atoms with Crippen LogP contribution in [0.4, 0.5) is 4.79 Å². The molecule has 0 spiro atoms. The normalized spacial score (nSPS) is 17.4. The van der Waals surface area contributed by atoms with Crippen molar-refractivity contribution in [2.75, 3.05) is 6.54 Å². The smallest absolute Gasteiger partial charge is 0.410 e. The van der Waals surface area contributed by atoms with Crippen molar-refractivity contribution in [2.45, 2.75) is 45.3 Å². The van der Waals surface area contributed by atoms with Gasteiger partial charge in [0.15, 0.2) is 0 Å². The highest BCUT2D eigenvalue weighted by atomic mass is 16.6. The van der Waals surface area contributed by atoms with Crippen LogP contribution in [0.3, 0.4) is 0 Å². The highest BCUT2D eigenvalue weighted by Crippen LogP contribution is 2.35. The summed E-state index contributed by atoms with van der Waals surface area (Å²) in [7, 11) is 0. The van der Waals surface area contributed by atoms with Crippen LogP contribution in [-0.2, 0) is 4.74 Å². The number of aromatic amines is 1. The molecule has 3 aromatic rings. The molecular formula is C21H24N4O2. The number of likely N-dealkylation sites (tertiary alicyclic amines) is 1. The van der Waals surface area contributed by atoms with E-state index < -0.39 is 5.60 Å². The summed E-state index contributed by atoms with van der Waals surface area (Å²) in [5, 5.41) is 0. The standard InChI is InChI=1S/C21H24N4O2/c1-21(2,3)27-20(26)25-11-7-10-17(25)15-12-16-19(24-15)18(23-13-22-16)14-8-5-4-6-9-14/h4-6,8-9,12-13,17,24H,7,10-11H2,1-3H3/t17-/m0/s1. The van der Waals surface area contributed by atoms with Crippen molar-refractivity contribution in [1.82, 2.24) is 19.9 Å². The third-order valence-corrected chi connectivity index (χ3v) is 4.73. The Morgan fingerprint density at radius 2 is 2.00 bits per heavy atom. The predicted molar refractivity (Wildman–Crippen MR) is 104 cm³/mol. The number of hydrogen-bond donors (Lipinski definition) is 1. The van der Waals surface area contributed by atoms with E-state index in [-0.39, 0.29) is 12.1 Å². The Hall–Kier alpha value is -2.89. The van der Waals surface area contributed by atoms with Crippen LogP contribution in [0.15, 0.2) is 42.7 Å². The number of H-pyrrole nitrogens is 1. The van der Waals surface area contributed by atoms with Gasteiger partial charge in [0, 0.05) is 17.8 Å². The minimum atomic E-state index is -0.503. The fourth-order valence-electron chi connectivity index (χ4n) is 3.58. The summed E-state index contributed by atoms with van der Waals surface area (Å²) >= 11 is 0. The van der Waals surface area contributed by atoms with Crippen molar-refractivity contribution < 1.29 is 9.53 Å². The zero-order chi connectivity index (χ0) is 19.0. The monoisotopic (exact) mass is 364 g/mol. The molecule has 3 heterocycles. The average molecular weight is 364 g/mol. The quantitative estimate of drug-likeness (QED) is 0.716. The van der Waals surface area contributed by atoms with Crippen LogP contribution >= 0.6 is 0 Å². The van der Waals surface area contributed by atoms with E-state index in [4.69, 9.17) is 4.74 Å². The van der Waals surface area contributed by atoms with Crippen molar-refractivity contribution in [3.63, 3.8) is 0 Å². The van der Waals surface area contributed by atoms with E-state index in [0.717, 1.165) is 40.8 Å². The number of ether oxygens (including phenoxy) is 1. The number of rotatable bonds is 2. The molecule has 4 rings (SSSR count). The van der Waals surface area contributed by atoms with E-state index >= 15 is 0 Å². The van der Waals surface area contributed by atoms with Gasteiger partial charge in [0.05, 0.1) is 22.8 Å². The Morgan fingerprint density at radius 3 is 2.74 bits per heavy atom. The highest BCUT2D eigenvalue weighted by molar-refractivity contribution is 5.89. The molecule has 1 N–H and O–H groups in total. The lowest BCUT2D eigenvalue weighted by molar-refractivity contribution is 0.0222. The van der Waals surface area contributed by atoms with E-state index in [9.17, 15) is 4.79 Å². The van der Waals surface area contributed by atoms with Crippen LogP contribution in [0, 0.1) is 0 Å². The summed E-state index contributed by atoms with van der Waals surface area (Å²) in [6.07, 6.45) is 3.18. The predicted octanol–water partition coefficient (Wildman–Crippen LogP) is 4.70. The second kappa shape index (κ2) is 6.68. The number of carbonyl (C=O) groups is 1. The Kier molecular flexibility index (Phi) is 4.34. The minimum Gasteiger partial charge on any atom is -0.444 e. The van der Waals surface area contributed by atoms with Crippen molar-refractivity contribution in [1.29, 1.82) is 0 Å². The van der Waals surface area contributed by atoms with Crippen LogP contribution < -0.4 is 0 Å². The first-order chi connectivity index (χ1) is 12.9. The van der Waals surface area contributed by atoms with Gasteiger partial charge in [-0.1, -0.05) is 30.3 Å². The van der Waals surface area contributed by atoms with Gasteiger partial charge in [-0.05, 0) is 39.7 Å². The Bertz CT molecular complexity index is 959. The molecule has 1 aliphatic rings. The summed E-state index contributed by atoms with van der Waals surface area (Å²) in [5.74, 6) is 0. The maximum absolute atomic E-state index is 12.6. The lowest BCUT2D eigenvalue weighted by atomic mass is 10.1. The molecule has 0 radical (unpaired) electrons. The van der Waals surface area contributed by atoms with Crippen LogP contribution in [0.1, 0.15) is 45.3 Å². The van der Waals surface area contributed by atoms with E-state index in [1.54, 1.807) is 6.33 Å². The topological polar surface area (TPSA) is 71.1 Å². The number of amides is 1. The lowest BCUT2D eigenvalue weighted by Gasteiger charge is -2.28. The molecule has 2 aromatic heterocycles. The number of fused-ring (bicyclic) bond motifs is 1. The highest BCUT2D eigenvalue weighted by Gasteiger charge is 2.34. The molecule has 6 heteroatoms. The molecule has 1 saturated heterocycles. The number of carbonyl (C=O) groups excluding carboxylic acids is 1. The molecule has 6 nitrogen and oxygen atoms in total. The Balaban J connectivity index is 1.69. The second-order valence-electron chi connectivity index (χ2n) is 7.90. The Morgan fingerprint density at radius 1 is 1.22 bits per heavy atom. The lowest BCUT2D eigenvalue weighted by Crippen LogP contribution is -2.36. The van der Waals surface area contributed by atoms with E-state index in [0.29, 0.717) is 6.54 Å². The fraction of sp³-hybridized carbons (Fsp3) is 0.381. The van der Waals surface area contributed by atoms with Gasteiger partial charge >= 0.3 is 6.09 Å². The number of hydrogen-bond acceptors (Lipinski definition) is 4. The second-order valence-corrected chi connectivity index (χ2v) is 7.90. The van der Waals surface area contributed by atoms with Gasteiger partial charge in [0.2, 0.25) is 0 Å². The number of benzene rings is 1. The summed E-state index contributed by atoms with van der Waals surface area (Å²) in [5.41, 5.74) is 4.13. The van der Waals surface area contributed by atoms with E-state index in [1.807, 2.05) is 62.1 Å². The maximum atomic E-state index is 12.6. The van der Waals surface area contributed by atoms with Crippen LogP contribution in [0.25, 0.3) is 22.3 Å². The van der Waals surface area contributed by atoms with Gasteiger partial charge in [0.25, 0.3) is 0 Å². The van der Waals surface area contributed by atoms with Gasteiger partial charge in [-0.3, -0.25) is 4.90 Å². The molecule has 0 saturated carbocycles. The zero-order valence-electron chi connectivity index (χ0n) is 15.9. The number of nitrogens with zero attached hydrogens (tertiary/aromatic N) is 3. The first kappa shape index (κ1) is 17.5. The third-order valence-electron chi connectivity index (χ3n) is 4.73. The van der Waals surface area contributed by atoms with Gasteiger partial charge in [0.1, 0.15) is 11.9 Å². The molecule has 140 valence electrons. The van der Waals surface area contributed by atoms with Gasteiger partial charge < -0.3 is 9.72 Å². The maximum Gasteiger partial charge on any atom is 0.410 e. The molecular weight excluding hydrogens is 340 g/mol. The molecule has 1 atom stereocenters. The van der Waals surface area contributed by atoms with E-state index in [2.05, 4.69) is 15.0 Å². The van der Waals surface area contributed by atoms with E-state index in [1.165, 1.54) is 0 Å². The Labute approximate surface area is 158 Å². The molecule has 1 aliphatic heterocycles. The number of aromatic nitrogens is 3. The molecule has 0 aliphatic carbocycles. The summed E-state index contributed by atoms with van der Waals surface area (Å²) in [6.45, 7) is 6.37. The zero-order valence-corrected chi connectivity index (χ0v) is 15.9. The van der Waals surface area contributed by atoms with Gasteiger partial charge in [-0.2, -0.15) is 0 Å². The van der Waals surface area contributed by atoms with Crippen LogP contribution in [0.2, 0.25) is 0 Å². The van der Waals surface area contributed by atoms with Crippen molar-refractivity contribution in [3.8, 4) is 11.3 Å². The number of nitrogens with one attached hydrogen (secondary N) is 1. The van der Waals surface area contributed by atoms with Crippen molar-refractivity contribution >= 4 is 17.1 Å². The molecule has 0 unspecified atom stereocenters. The van der Waals surface area contributed by atoms with Gasteiger partial charge in [-0.25, -0.2) is 14.8 Å². The first-order valence-corrected chi connectivity index (χ1v) is 9.31. The van der Waals surface area contributed by atoms with Crippen molar-refractivity contribution in [2.24, 2.45) is 0 Å². The minimum absolute atomic E-state index is 0.0299. The average Bonchev–Trinajstić information content (AvgIpc) is 3.27. The molecule has 0 bridgehead atoms. The molecule has 1 fully saturated rings. The largest absolute Gasteiger partial charge is 0.444 e. The SMILES string of the molecule is CC(C)(C)OC(=O)N1CCC[C@H]1c1cc2ncnc(-c3ccccc3)c2[nH]1. The molecule has 27 heavy (non-hydrogen) atoms. The molecule has 1 amide bonds. The summed E-state index contributed by atoms with van der Waals surface area (Å²) < 4.78 is 5.59. The van der Waals surface area contributed by atoms with Crippen LogP contribution in [-0.4, -0.2) is 38.1 Å². The summed E-state index contributed by atoms with van der Waals surface area (Å²) in [4.78, 5) is 26.8. The van der Waals surface area contributed by atoms with Crippen LogP contribution in [0.5, 0.6) is 0 Å². The summed E-state index contributed by atoms with van der Waals surface area (Å²) in [6, 6.07) is 12.0. The van der Waals surface area contributed by atoms with Crippen molar-refractivity contribution in [3.05, 3.63) is 48.4 Å². The third kappa shape index (κ3) is 3.52. The van der Waals surface area contributed by atoms with Gasteiger partial charge in [-0.15, -0.1) is 0 Å². The molecule has 1 aromatic carbocycles. The first-order valence-electron chi connectivity index (χ1n) is 9.31. The fourth-order valence-corrected chi connectivity index (χ4v) is 3.58.